The first-order valence-corrected chi connectivity index (χ1v) is 6.58. The van der Waals surface area contributed by atoms with E-state index in [2.05, 4.69) is 36.5 Å². The summed E-state index contributed by atoms with van der Waals surface area (Å²) >= 11 is 0. The lowest BCUT2D eigenvalue weighted by Gasteiger charge is -2.28. The van der Waals surface area contributed by atoms with Crippen LogP contribution in [0.1, 0.15) is 42.7 Å². The number of carbonyl (C=O) groups is 1. The Kier molecular flexibility index (Phi) is 2.46. The van der Waals surface area contributed by atoms with Gasteiger partial charge in [0.1, 0.15) is 0 Å². The highest BCUT2D eigenvalue weighted by Gasteiger charge is 2.52. The summed E-state index contributed by atoms with van der Waals surface area (Å²) in [5.74, 6) is 0.682. The van der Waals surface area contributed by atoms with Gasteiger partial charge in [0.05, 0.1) is 5.41 Å². The molecule has 2 heteroatoms. The summed E-state index contributed by atoms with van der Waals surface area (Å²) in [6, 6.07) is 8.51. The predicted molar refractivity (Wildman–Crippen MR) is 67.8 cm³/mol. The number of amides is 1. The van der Waals surface area contributed by atoms with E-state index in [1.807, 2.05) is 0 Å². The Morgan fingerprint density at radius 3 is 2.65 bits per heavy atom. The molecule has 0 bridgehead atoms. The maximum absolute atomic E-state index is 12.2. The topological polar surface area (TPSA) is 29.1 Å². The first kappa shape index (κ1) is 10.8. The third-order valence-electron chi connectivity index (χ3n) is 4.65. The first-order valence-electron chi connectivity index (χ1n) is 6.58. The molecule has 1 N–H and O–H groups in total. The van der Waals surface area contributed by atoms with Crippen LogP contribution in [0, 0.1) is 12.3 Å². The van der Waals surface area contributed by atoms with Crippen LogP contribution < -0.4 is 5.32 Å². The Hall–Kier alpha value is -1.31. The van der Waals surface area contributed by atoms with Crippen LogP contribution in [-0.2, 0) is 4.79 Å². The minimum atomic E-state index is -0.0912. The number of hydrogen-bond donors (Lipinski definition) is 1. The van der Waals surface area contributed by atoms with Crippen molar-refractivity contribution in [2.45, 2.75) is 38.5 Å². The molecule has 17 heavy (non-hydrogen) atoms. The fraction of sp³-hybridized carbons (Fsp3) is 0.533. The van der Waals surface area contributed by atoms with Gasteiger partial charge in [0.15, 0.2) is 0 Å². The lowest BCUT2D eigenvalue weighted by atomic mass is 9.72. The van der Waals surface area contributed by atoms with E-state index in [0.717, 1.165) is 19.4 Å². The van der Waals surface area contributed by atoms with Crippen molar-refractivity contribution in [1.82, 2.24) is 5.32 Å². The van der Waals surface area contributed by atoms with Crippen LogP contribution in [0.4, 0.5) is 0 Å². The van der Waals surface area contributed by atoms with Crippen LogP contribution in [0.3, 0.4) is 0 Å². The maximum atomic E-state index is 12.2. The number of rotatable bonds is 1. The lowest BCUT2D eigenvalue weighted by molar-refractivity contribution is -0.127. The largest absolute Gasteiger partial charge is 0.355 e. The summed E-state index contributed by atoms with van der Waals surface area (Å²) in [7, 11) is 0. The van der Waals surface area contributed by atoms with E-state index >= 15 is 0 Å². The maximum Gasteiger partial charge on any atom is 0.226 e. The van der Waals surface area contributed by atoms with E-state index in [1.165, 1.54) is 24.0 Å². The quantitative estimate of drug-likeness (QED) is 0.788. The van der Waals surface area contributed by atoms with Crippen molar-refractivity contribution < 1.29 is 4.79 Å². The molecule has 1 amide bonds. The van der Waals surface area contributed by atoms with Crippen LogP contribution in [0.2, 0.25) is 0 Å². The summed E-state index contributed by atoms with van der Waals surface area (Å²) in [4.78, 5) is 12.2. The molecule has 0 aromatic heterocycles. The molecule has 1 aromatic rings. The minimum absolute atomic E-state index is 0.0912. The van der Waals surface area contributed by atoms with E-state index in [4.69, 9.17) is 0 Å². The Bertz CT molecular complexity index is 446. The normalized spacial score (nSPS) is 26.4. The van der Waals surface area contributed by atoms with Gasteiger partial charge in [-0.3, -0.25) is 4.79 Å². The molecule has 2 aliphatic rings. The number of carbonyl (C=O) groups excluding carboxylic acids is 1. The molecule has 1 heterocycles. The highest BCUT2D eigenvalue weighted by molar-refractivity contribution is 5.86. The molecular formula is C15H19NO. The van der Waals surface area contributed by atoms with Crippen molar-refractivity contribution in [3.63, 3.8) is 0 Å². The summed E-state index contributed by atoms with van der Waals surface area (Å²) in [6.45, 7) is 2.98. The average Bonchev–Trinajstić information content (AvgIpc) is 2.92. The zero-order chi connectivity index (χ0) is 11.9. The molecule has 1 aliphatic carbocycles. The lowest BCUT2D eigenvalue weighted by Crippen LogP contribution is -2.31. The molecule has 90 valence electrons. The zero-order valence-corrected chi connectivity index (χ0v) is 10.3. The van der Waals surface area contributed by atoms with Crippen molar-refractivity contribution in [3.8, 4) is 0 Å². The van der Waals surface area contributed by atoms with E-state index in [-0.39, 0.29) is 5.41 Å². The second-order valence-electron chi connectivity index (χ2n) is 5.48. The fourth-order valence-corrected chi connectivity index (χ4v) is 3.69. The number of nitrogens with one attached hydrogen (secondary N) is 1. The van der Waals surface area contributed by atoms with Crippen LogP contribution in [0.5, 0.6) is 0 Å². The van der Waals surface area contributed by atoms with Crippen molar-refractivity contribution in [2.24, 2.45) is 5.41 Å². The Balaban J connectivity index is 2.03. The molecule has 2 fully saturated rings. The SMILES string of the molecule is Cc1ccccc1C1CNC(=O)C12CCCC2. The van der Waals surface area contributed by atoms with Gasteiger partial charge in [0, 0.05) is 12.5 Å². The van der Waals surface area contributed by atoms with Crippen molar-refractivity contribution in [1.29, 1.82) is 0 Å². The van der Waals surface area contributed by atoms with Gasteiger partial charge >= 0.3 is 0 Å². The fourth-order valence-electron chi connectivity index (χ4n) is 3.69. The average molecular weight is 229 g/mol. The van der Waals surface area contributed by atoms with Crippen LogP contribution in [0.15, 0.2) is 24.3 Å². The molecule has 1 aromatic carbocycles. The van der Waals surface area contributed by atoms with E-state index < -0.39 is 0 Å². The van der Waals surface area contributed by atoms with Gasteiger partial charge in [-0.2, -0.15) is 0 Å². The molecule has 1 spiro atoms. The highest BCUT2D eigenvalue weighted by atomic mass is 16.2. The van der Waals surface area contributed by atoms with Gasteiger partial charge < -0.3 is 5.32 Å². The summed E-state index contributed by atoms with van der Waals surface area (Å²) in [5, 5.41) is 3.09. The standard InChI is InChI=1S/C15H19NO/c1-11-6-2-3-7-12(11)13-10-16-14(17)15(13)8-4-5-9-15/h2-3,6-7,13H,4-5,8-10H2,1H3,(H,16,17). The van der Waals surface area contributed by atoms with Crippen molar-refractivity contribution in [3.05, 3.63) is 35.4 Å². The first-order chi connectivity index (χ1) is 8.24. The van der Waals surface area contributed by atoms with Crippen LogP contribution in [0.25, 0.3) is 0 Å². The van der Waals surface area contributed by atoms with Gasteiger partial charge in [-0.05, 0) is 30.9 Å². The molecule has 1 atom stereocenters. The smallest absolute Gasteiger partial charge is 0.226 e. The predicted octanol–water partition coefficient (Wildman–Crippen LogP) is 2.77. The Morgan fingerprint density at radius 1 is 1.24 bits per heavy atom. The van der Waals surface area contributed by atoms with Crippen molar-refractivity contribution >= 4 is 5.91 Å². The molecule has 1 aliphatic heterocycles. The summed E-state index contributed by atoms with van der Waals surface area (Å²) in [6.07, 6.45) is 4.54. The van der Waals surface area contributed by atoms with Crippen LogP contribution >= 0.6 is 0 Å². The third kappa shape index (κ3) is 1.50. The monoisotopic (exact) mass is 229 g/mol. The minimum Gasteiger partial charge on any atom is -0.355 e. The number of hydrogen-bond acceptors (Lipinski definition) is 1. The highest BCUT2D eigenvalue weighted by Crippen LogP contribution is 2.51. The number of aryl methyl sites for hydroxylation is 1. The van der Waals surface area contributed by atoms with Crippen LogP contribution in [-0.4, -0.2) is 12.5 Å². The van der Waals surface area contributed by atoms with Gasteiger partial charge in [-0.1, -0.05) is 37.1 Å². The summed E-state index contributed by atoms with van der Waals surface area (Å²) in [5.41, 5.74) is 2.60. The number of benzene rings is 1. The molecule has 2 nitrogen and oxygen atoms in total. The molecule has 1 unspecified atom stereocenters. The van der Waals surface area contributed by atoms with Gasteiger partial charge in [-0.15, -0.1) is 0 Å². The van der Waals surface area contributed by atoms with E-state index in [9.17, 15) is 4.79 Å². The van der Waals surface area contributed by atoms with Gasteiger partial charge in [0.2, 0.25) is 5.91 Å². The second-order valence-corrected chi connectivity index (χ2v) is 5.48. The van der Waals surface area contributed by atoms with E-state index in [0.29, 0.717) is 11.8 Å². The second kappa shape index (κ2) is 3.86. The molecule has 1 saturated heterocycles. The molecule has 0 radical (unpaired) electrons. The molecule has 3 rings (SSSR count). The summed E-state index contributed by atoms with van der Waals surface area (Å²) < 4.78 is 0. The Morgan fingerprint density at radius 2 is 1.94 bits per heavy atom. The van der Waals surface area contributed by atoms with Gasteiger partial charge in [0.25, 0.3) is 0 Å². The van der Waals surface area contributed by atoms with Gasteiger partial charge in [-0.25, -0.2) is 0 Å². The zero-order valence-electron chi connectivity index (χ0n) is 10.3. The molecule has 1 saturated carbocycles. The molecular weight excluding hydrogens is 210 g/mol. The third-order valence-corrected chi connectivity index (χ3v) is 4.65. The van der Waals surface area contributed by atoms with Crippen molar-refractivity contribution in [2.75, 3.05) is 6.54 Å². The van der Waals surface area contributed by atoms with E-state index in [1.54, 1.807) is 0 Å². The Labute approximate surface area is 102 Å².